The molecule has 3 aromatic carbocycles. The van der Waals surface area contributed by atoms with Crippen LogP contribution in [0.2, 0.25) is 0 Å². The number of carbonyl (C=O) groups excluding carboxylic acids is 1. The Hall–Kier alpha value is -5.16. The summed E-state index contributed by atoms with van der Waals surface area (Å²) in [5.74, 6) is 0.957. The van der Waals surface area contributed by atoms with Crippen molar-refractivity contribution in [2.75, 3.05) is 12.0 Å². The van der Waals surface area contributed by atoms with Gasteiger partial charge in [-0.2, -0.15) is 5.26 Å². The van der Waals surface area contributed by atoms with Crippen molar-refractivity contribution in [3.05, 3.63) is 95.3 Å². The number of nitrogens with one attached hydrogen (secondary N) is 2. The largest absolute Gasteiger partial charge is 0.573 e. The molecule has 2 amide bonds. The number of benzene rings is 3. The van der Waals surface area contributed by atoms with Gasteiger partial charge in [0.2, 0.25) is 0 Å². The molecule has 2 unspecified atom stereocenters. The van der Waals surface area contributed by atoms with Crippen LogP contribution in [0.4, 0.5) is 23.7 Å². The number of ether oxygens (including phenoxy) is 2. The summed E-state index contributed by atoms with van der Waals surface area (Å²) < 4.78 is 48.1. The summed E-state index contributed by atoms with van der Waals surface area (Å²) in [6.45, 7) is 6.18. The van der Waals surface area contributed by atoms with Crippen LogP contribution in [0.5, 0.6) is 11.5 Å². The minimum Gasteiger partial charge on any atom is -0.497 e. The van der Waals surface area contributed by atoms with E-state index >= 15 is 0 Å². The number of hydrogen-bond acceptors (Lipinski definition) is 8. The molecular formula is C32H30F3N7O3S. The molecule has 2 heterocycles. The fraction of sp³-hybridized carbons (Fsp3) is 0.250. The van der Waals surface area contributed by atoms with Crippen LogP contribution in [-0.2, 0) is 0 Å². The van der Waals surface area contributed by atoms with Crippen LogP contribution in [-0.4, -0.2) is 39.8 Å². The number of rotatable bonds is 9. The molecule has 0 radical (unpaired) electrons. The van der Waals surface area contributed by atoms with Crippen molar-refractivity contribution in [3.63, 3.8) is 0 Å². The summed E-state index contributed by atoms with van der Waals surface area (Å²) in [6.07, 6.45) is -3.34. The molecule has 2 atom stereocenters. The Morgan fingerprint density at radius 3 is 2.39 bits per heavy atom. The maximum atomic E-state index is 13.1. The van der Waals surface area contributed by atoms with Gasteiger partial charge in [0.25, 0.3) is 0 Å². The summed E-state index contributed by atoms with van der Waals surface area (Å²) in [6, 6.07) is 18.6. The van der Waals surface area contributed by atoms with Crippen molar-refractivity contribution >= 4 is 23.5 Å². The molecule has 1 aliphatic rings. The smallest absolute Gasteiger partial charge is 0.497 e. The molecule has 46 heavy (non-hydrogen) atoms. The second-order valence-electron chi connectivity index (χ2n) is 10.6. The molecule has 10 nitrogen and oxygen atoms in total. The zero-order chi connectivity index (χ0) is 33.0. The highest BCUT2D eigenvalue weighted by atomic mass is 32.2. The van der Waals surface area contributed by atoms with Crippen LogP contribution in [0.25, 0.3) is 17.1 Å². The molecule has 4 aromatic rings. The molecule has 2 N–H and O–H groups in total. The number of halogens is 3. The van der Waals surface area contributed by atoms with Crippen LogP contribution >= 0.6 is 11.8 Å². The first-order chi connectivity index (χ1) is 22.0. The van der Waals surface area contributed by atoms with Crippen LogP contribution in [0, 0.1) is 11.3 Å². The second kappa shape index (κ2) is 13.5. The standard InChI is InChI=1S/C32H30F3N7O3S/c1-19(2)26-14-13-25(44-4)15-28(26)42-20(3)17-46-31(42)39-30(43)38-27(16-36)21-5-7-22(8-6-21)29-37-18-41(40-29)23-9-11-24(12-10-23)45-32(33,34)35/h5-15,17-19,27,31H,1-4H3,(H2,38,39,43). The zero-order valence-electron chi connectivity index (χ0n) is 25.2. The van der Waals surface area contributed by atoms with Gasteiger partial charge in [0.1, 0.15) is 23.9 Å². The van der Waals surface area contributed by atoms with Gasteiger partial charge in [0.05, 0.1) is 24.6 Å². The van der Waals surface area contributed by atoms with E-state index in [0.29, 0.717) is 28.4 Å². The molecule has 0 spiro atoms. The minimum atomic E-state index is -4.78. The number of methoxy groups -OCH3 is 1. The lowest BCUT2D eigenvalue weighted by Crippen LogP contribution is -2.48. The third-order valence-corrected chi connectivity index (χ3v) is 8.15. The fourth-order valence-electron chi connectivity index (χ4n) is 4.85. The van der Waals surface area contributed by atoms with E-state index < -0.39 is 23.9 Å². The van der Waals surface area contributed by atoms with Crippen molar-refractivity contribution in [2.24, 2.45) is 0 Å². The van der Waals surface area contributed by atoms with E-state index in [2.05, 4.69) is 45.4 Å². The van der Waals surface area contributed by atoms with E-state index in [1.165, 1.54) is 47.0 Å². The number of anilines is 1. The van der Waals surface area contributed by atoms with E-state index in [9.17, 15) is 23.2 Å². The van der Waals surface area contributed by atoms with Crippen molar-refractivity contribution in [1.29, 1.82) is 5.26 Å². The average molecular weight is 650 g/mol. The van der Waals surface area contributed by atoms with Gasteiger partial charge in [-0.25, -0.2) is 14.5 Å². The van der Waals surface area contributed by atoms with E-state index in [4.69, 9.17) is 4.74 Å². The number of aromatic nitrogens is 3. The minimum absolute atomic E-state index is 0.233. The third-order valence-electron chi connectivity index (χ3n) is 7.09. The predicted molar refractivity (Wildman–Crippen MR) is 168 cm³/mol. The quantitative estimate of drug-likeness (QED) is 0.195. The van der Waals surface area contributed by atoms with Gasteiger partial charge >= 0.3 is 12.4 Å². The van der Waals surface area contributed by atoms with E-state index in [1.807, 2.05) is 35.4 Å². The first-order valence-electron chi connectivity index (χ1n) is 14.1. The molecule has 5 rings (SSSR count). The SMILES string of the molecule is COc1ccc(C(C)C)c(N2C(C)=CSC2NC(=O)NC(C#N)c2ccc(-c3ncn(-c4ccc(OC(F)(F)F)cc4)n3)cc2)c1. The maximum Gasteiger partial charge on any atom is 0.573 e. The molecule has 0 bridgehead atoms. The fourth-order valence-corrected chi connectivity index (χ4v) is 5.86. The number of nitrogens with zero attached hydrogens (tertiary/aromatic N) is 5. The lowest BCUT2D eigenvalue weighted by Gasteiger charge is -2.31. The lowest BCUT2D eigenvalue weighted by atomic mass is 10.00. The van der Waals surface area contributed by atoms with Gasteiger partial charge in [0, 0.05) is 17.3 Å². The summed E-state index contributed by atoms with van der Waals surface area (Å²) in [5, 5.41) is 22.0. The number of thioether (sulfide) groups is 1. The van der Waals surface area contributed by atoms with Gasteiger partial charge in [-0.1, -0.05) is 55.9 Å². The topological polar surface area (TPSA) is 117 Å². The summed E-state index contributed by atoms with van der Waals surface area (Å²) >= 11 is 1.45. The number of carbonyl (C=O) groups is 1. The molecule has 0 aliphatic carbocycles. The summed E-state index contributed by atoms with van der Waals surface area (Å²) in [7, 11) is 1.61. The van der Waals surface area contributed by atoms with Crippen molar-refractivity contribution < 1.29 is 27.4 Å². The Kier molecular flexibility index (Phi) is 9.43. The van der Waals surface area contributed by atoms with Crippen molar-refractivity contribution in [2.45, 2.75) is 44.6 Å². The van der Waals surface area contributed by atoms with E-state index in [-0.39, 0.29) is 11.7 Å². The molecule has 0 saturated heterocycles. The molecular weight excluding hydrogens is 619 g/mol. The predicted octanol–water partition coefficient (Wildman–Crippen LogP) is 7.23. The zero-order valence-corrected chi connectivity index (χ0v) is 26.1. The Labute approximate surface area is 267 Å². The number of allylic oxidation sites excluding steroid dienone is 1. The highest BCUT2D eigenvalue weighted by Crippen LogP contribution is 2.40. The van der Waals surface area contributed by atoms with Gasteiger partial charge in [-0.05, 0) is 59.7 Å². The van der Waals surface area contributed by atoms with Crippen LogP contribution < -0.4 is 25.0 Å². The number of urea groups is 1. The normalized spacial score (nSPS) is 15.2. The van der Waals surface area contributed by atoms with Gasteiger partial charge < -0.3 is 25.0 Å². The molecule has 238 valence electrons. The molecule has 14 heteroatoms. The van der Waals surface area contributed by atoms with Gasteiger partial charge in [-0.3, -0.25) is 0 Å². The molecule has 1 aromatic heterocycles. The first-order valence-corrected chi connectivity index (χ1v) is 15.0. The van der Waals surface area contributed by atoms with Gasteiger partial charge in [0.15, 0.2) is 11.3 Å². The van der Waals surface area contributed by atoms with Crippen molar-refractivity contribution in [3.8, 4) is 34.6 Å². The van der Waals surface area contributed by atoms with Crippen molar-refractivity contribution in [1.82, 2.24) is 25.4 Å². The summed E-state index contributed by atoms with van der Waals surface area (Å²) in [4.78, 5) is 19.5. The lowest BCUT2D eigenvalue weighted by molar-refractivity contribution is -0.274. The number of amides is 2. The van der Waals surface area contributed by atoms with E-state index in [1.54, 1.807) is 31.4 Å². The highest BCUT2D eigenvalue weighted by molar-refractivity contribution is 8.03. The Morgan fingerprint density at radius 2 is 1.76 bits per heavy atom. The Morgan fingerprint density at radius 1 is 1.07 bits per heavy atom. The van der Waals surface area contributed by atoms with Gasteiger partial charge in [-0.15, -0.1) is 18.3 Å². The number of nitriles is 1. The Balaban J connectivity index is 1.25. The van der Waals surface area contributed by atoms with Crippen LogP contribution in [0.1, 0.15) is 43.9 Å². The maximum absolute atomic E-state index is 13.1. The average Bonchev–Trinajstić information content (AvgIpc) is 3.66. The highest BCUT2D eigenvalue weighted by Gasteiger charge is 2.32. The Bertz CT molecular complexity index is 1770. The molecule has 0 saturated carbocycles. The monoisotopic (exact) mass is 649 g/mol. The molecule has 0 fully saturated rings. The third kappa shape index (κ3) is 7.37. The second-order valence-corrected chi connectivity index (χ2v) is 11.5. The van der Waals surface area contributed by atoms with Crippen LogP contribution in [0.15, 0.2) is 84.2 Å². The number of hydrogen-bond donors (Lipinski definition) is 2. The summed E-state index contributed by atoms with van der Waals surface area (Å²) in [5.41, 5.74) is 4.23. The van der Waals surface area contributed by atoms with Crippen LogP contribution in [0.3, 0.4) is 0 Å². The molecule has 1 aliphatic heterocycles. The van der Waals surface area contributed by atoms with E-state index in [0.717, 1.165) is 16.9 Å². The first kappa shape index (κ1) is 32.2. The number of alkyl halides is 3.